The standard InChI is InChI=1S/C10H8BrNO3/c11-7-2-1-6-3-8(12-10(13)14)5-15-9(6)4-7/h1-4,12H,5H2,(H,13,14). The first kappa shape index (κ1) is 10.0. The number of amides is 1. The van der Waals surface area contributed by atoms with Crippen LogP contribution in [0.5, 0.6) is 5.75 Å². The molecule has 2 rings (SSSR count). The van der Waals surface area contributed by atoms with Gasteiger partial charge in [0.2, 0.25) is 0 Å². The first-order chi connectivity index (χ1) is 7.15. The highest BCUT2D eigenvalue weighted by Crippen LogP contribution is 2.28. The van der Waals surface area contributed by atoms with Crippen LogP contribution in [0.4, 0.5) is 4.79 Å². The van der Waals surface area contributed by atoms with Gasteiger partial charge in [0.15, 0.2) is 0 Å². The Hall–Kier alpha value is -1.49. The monoisotopic (exact) mass is 269 g/mol. The minimum absolute atomic E-state index is 0.246. The van der Waals surface area contributed by atoms with Gasteiger partial charge in [-0.1, -0.05) is 22.0 Å². The van der Waals surface area contributed by atoms with Crippen LogP contribution in [0.1, 0.15) is 5.56 Å². The molecule has 0 radical (unpaired) electrons. The van der Waals surface area contributed by atoms with Gasteiger partial charge in [-0.15, -0.1) is 0 Å². The molecule has 1 heterocycles. The third-order valence-electron chi connectivity index (χ3n) is 1.96. The third kappa shape index (κ3) is 2.30. The molecule has 1 aromatic rings. The molecule has 0 saturated heterocycles. The van der Waals surface area contributed by atoms with Gasteiger partial charge in [-0.25, -0.2) is 4.79 Å². The van der Waals surface area contributed by atoms with E-state index in [0.29, 0.717) is 5.70 Å². The number of benzene rings is 1. The Labute approximate surface area is 94.7 Å². The van der Waals surface area contributed by atoms with Gasteiger partial charge in [0, 0.05) is 10.0 Å². The Morgan fingerprint density at radius 3 is 3.07 bits per heavy atom. The lowest BCUT2D eigenvalue weighted by Crippen LogP contribution is -2.25. The smallest absolute Gasteiger partial charge is 0.409 e. The summed E-state index contributed by atoms with van der Waals surface area (Å²) in [6.07, 6.45) is 0.685. The first-order valence-corrected chi connectivity index (χ1v) is 5.07. The van der Waals surface area contributed by atoms with Gasteiger partial charge in [-0.3, -0.25) is 5.32 Å². The van der Waals surface area contributed by atoms with E-state index in [4.69, 9.17) is 9.84 Å². The van der Waals surface area contributed by atoms with Crippen molar-refractivity contribution in [2.45, 2.75) is 0 Å². The minimum atomic E-state index is -1.08. The summed E-state index contributed by atoms with van der Waals surface area (Å²) in [4.78, 5) is 10.4. The van der Waals surface area contributed by atoms with Crippen LogP contribution in [0, 0.1) is 0 Å². The molecule has 4 nitrogen and oxygen atoms in total. The highest BCUT2D eigenvalue weighted by molar-refractivity contribution is 9.10. The van der Waals surface area contributed by atoms with E-state index in [2.05, 4.69) is 21.2 Å². The molecular weight excluding hydrogens is 262 g/mol. The van der Waals surface area contributed by atoms with Gasteiger partial charge >= 0.3 is 6.09 Å². The highest BCUT2D eigenvalue weighted by Gasteiger charge is 2.12. The fourth-order valence-corrected chi connectivity index (χ4v) is 1.69. The van der Waals surface area contributed by atoms with Crippen molar-refractivity contribution >= 4 is 28.1 Å². The number of fused-ring (bicyclic) bond motifs is 1. The molecule has 78 valence electrons. The minimum Gasteiger partial charge on any atom is -0.487 e. The molecule has 1 aliphatic heterocycles. The summed E-state index contributed by atoms with van der Waals surface area (Å²) in [6, 6.07) is 5.59. The van der Waals surface area contributed by atoms with Crippen LogP contribution in [0.25, 0.3) is 6.08 Å². The first-order valence-electron chi connectivity index (χ1n) is 4.28. The number of rotatable bonds is 1. The highest BCUT2D eigenvalue weighted by atomic mass is 79.9. The van der Waals surface area contributed by atoms with Crippen LogP contribution in [-0.4, -0.2) is 17.8 Å². The number of hydrogen-bond donors (Lipinski definition) is 2. The van der Waals surface area contributed by atoms with Gasteiger partial charge in [0.1, 0.15) is 12.4 Å². The van der Waals surface area contributed by atoms with Gasteiger partial charge in [0.25, 0.3) is 0 Å². The average Bonchev–Trinajstić information content (AvgIpc) is 2.17. The maximum absolute atomic E-state index is 10.4. The maximum atomic E-state index is 10.4. The summed E-state index contributed by atoms with van der Waals surface area (Å²) in [5.41, 5.74) is 1.41. The quantitative estimate of drug-likeness (QED) is 0.824. The molecule has 1 aliphatic rings. The fraction of sp³-hybridized carbons (Fsp3) is 0.100. The third-order valence-corrected chi connectivity index (χ3v) is 2.45. The van der Waals surface area contributed by atoms with E-state index < -0.39 is 6.09 Å². The summed E-state index contributed by atoms with van der Waals surface area (Å²) in [7, 11) is 0. The molecule has 1 aromatic carbocycles. The molecule has 1 amide bonds. The second kappa shape index (κ2) is 3.94. The van der Waals surface area contributed by atoms with Crippen LogP contribution >= 0.6 is 15.9 Å². The number of halogens is 1. The summed E-state index contributed by atoms with van der Waals surface area (Å²) >= 11 is 3.34. The lowest BCUT2D eigenvalue weighted by molar-refractivity contribution is 0.195. The molecule has 5 heteroatoms. The molecule has 0 fully saturated rings. The van der Waals surface area contributed by atoms with Crippen LogP contribution in [-0.2, 0) is 0 Å². The second-order valence-electron chi connectivity index (χ2n) is 3.07. The van der Waals surface area contributed by atoms with E-state index >= 15 is 0 Å². The summed E-state index contributed by atoms with van der Waals surface area (Å²) in [6.45, 7) is 0.246. The number of carboxylic acid groups (broad SMARTS) is 1. The van der Waals surface area contributed by atoms with Crippen LogP contribution in [0.3, 0.4) is 0 Å². The number of carbonyl (C=O) groups is 1. The van der Waals surface area contributed by atoms with Crippen molar-refractivity contribution < 1.29 is 14.6 Å². The normalized spacial score (nSPS) is 13.5. The lowest BCUT2D eigenvalue weighted by atomic mass is 10.1. The summed E-state index contributed by atoms with van der Waals surface area (Å²) in [5, 5.41) is 10.8. The van der Waals surface area contributed by atoms with Crippen LogP contribution < -0.4 is 10.1 Å². The number of ether oxygens (including phenoxy) is 1. The molecule has 15 heavy (non-hydrogen) atoms. The largest absolute Gasteiger partial charge is 0.487 e. The predicted octanol–water partition coefficient (Wildman–Crippen LogP) is 2.45. The Bertz CT molecular complexity index is 442. The molecule has 0 spiro atoms. The zero-order chi connectivity index (χ0) is 10.8. The van der Waals surface area contributed by atoms with Crippen LogP contribution in [0.15, 0.2) is 28.4 Å². The maximum Gasteiger partial charge on any atom is 0.409 e. The molecular formula is C10H8BrNO3. The van der Waals surface area contributed by atoms with Crippen molar-refractivity contribution in [1.29, 1.82) is 0 Å². The second-order valence-corrected chi connectivity index (χ2v) is 3.99. The van der Waals surface area contributed by atoms with Gasteiger partial charge in [-0.05, 0) is 18.2 Å². The number of nitrogens with one attached hydrogen (secondary N) is 1. The molecule has 0 atom stereocenters. The van der Waals surface area contributed by atoms with E-state index in [1.54, 1.807) is 6.08 Å². The van der Waals surface area contributed by atoms with E-state index in [9.17, 15) is 4.79 Å². The van der Waals surface area contributed by atoms with Gasteiger partial charge in [0.05, 0.1) is 5.70 Å². The van der Waals surface area contributed by atoms with Crippen LogP contribution in [0.2, 0.25) is 0 Å². The topological polar surface area (TPSA) is 58.6 Å². The van der Waals surface area contributed by atoms with Crippen molar-refractivity contribution in [3.8, 4) is 5.75 Å². The molecule has 2 N–H and O–H groups in total. The molecule has 0 unspecified atom stereocenters. The Balaban J connectivity index is 2.29. The average molecular weight is 270 g/mol. The van der Waals surface area contributed by atoms with Crippen molar-refractivity contribution in [2.24, 2.45) is 0 Å². The summed E-state index contributed by atoms with van der Waals surface area (Å²) in [5.74, 6) is 0.750. The SMILES string of the molecule is O=C(O)NC1=Cc2ccc(Br)cc2OC1. The molecule has 0 aliphatic carbocycles. The Kier molecular flexibility index (Phi) is 2.64. The number of hydrogen-bond acceptors (Lipinski definition) is 2. The lowest BCUT2D eigenvalue weighted by Gasteiger charge is -2.17. The zero-order valence-electron chi connectivity index (χ0n) is 7.66. The van der Waals surface area contributed by atoms with Gasteiger partial charge < -0.3 is 9.84 Å². The van der Waals surface area contributed by atoms with E-state index in [1.807, 2.05) is 18.2 Å². The molecule has 0 bridgehead atoms. The molecule has 0 aromatic heterocycles. The van der Waals surface area contributed by atoms with Crippen molar-refractivity contribution in [3.05, 3.63) is 33.9 Å². The van der Waals surface area contributed by atoms with Gasteiger partial charge in [-0.2, -0.15) is 0 Å². The Morgan fingerprint density at radius 2 is 2.33 bits per heavy atom. The fourth-order valence-electron chi connectivity index (χ4n) is 1.35. The van der Waals surface area contributed by atoms with Crippen molar-refractivity contribution in [2.75, 3.05) is 6.61 Å². The van der Waals surface area contributed by atoms with Crippen molar-refractivity contribution in [3.63, 3.8) is 0 Å². The van der Waals surface area contributed by atoms with Crippen molar-refractivity contribution in [1.82, 2.24) is 5.32 Å². The van der Waals surface area contributed by atoms with E-state index in [-0.39, 0.29) is 6.61 Å². The van der Waals surface area contributed by atoms with E-state index in [0.717, 1.165) is 15.8 Å². The predicted molar refractivity (Wildman–Crippen MR) is 58.8 cm³/mol. The Morgan fingerprint density at radius 1 is 1.53 bits per heavy atom. The van der Waals surface area contributed by atoms with E-state index in [1.165, 1.54) is 0 Å². The summed E-state index contributed by atoms with van der Waals surface area (Å²) < 4.78 is 6.33. The molecule has 0 saturated carbocycles. The zero-order valence-corrected chi connectivity index (χ0v) is 9.24.